The van der Waals surface area contributed by atoms with Crippen molar-refractivity contribution in [2.24, 2.45) is 5.92 Å². The Morgan fingerprint density at radius 3 is 2.56 bits per heavy atom. The summed E-state index contributed by atoms with van der Waals surface area (Å²) in [5, 5.41) is 3.41. The van der Waals surface area contributed by atoms with Gasteiger partial charge in [-0.3, -0.25) is 0 Å². The highest BCUT2D eigenvalue weighted by Crippen LogP contribution is 2.15. The Kier molecular flexibility index (Phi) is 5.00. The van der Waals surface area contributed by atoms with Crippen molar-refractivity contribution < 1.29 is 0 Å². The number of imidazole rings is 1. The third kappa shape index (κ3) is 3.08. The van der Waals surface area contributed by atoms with Crippen LogP contribution in [0.5, 0.6) is 0 Å². The Labute approximate surface area is 99.3 Å². The molecule has 0 spiro atoms. The van der Waals surface area contributed by atoms with Crippen molar-refractivity contribution in [1.29, 1.82) is 0 Å². The maximum absolute atomic E-state index is 4.42. The SMILES string of the molecule is CCC(C)C(Cn1ccnc1C(C)C)NC. The number of hydrogen-bond acceptors (Lipinski definition) is 2. The fourth-order valence-electron chi connectivity index (χ4n) is 2.03. The molecule has 0 saturated carbocycles. The van der Waals surface area contributed by atoms with E-state index in [0.717, 1.165) is 6.54 Å². The zero-order valence-corrected chi connectivity index (χ0v) is 11.2. The minimum Gasteiger partial charge on any atom is -0.333 e. The quantitative estimate of drug-likeness (QED) is 0.803. The lowest BCUT2D eigenvalue weighted by Gasteiger charge is -2.24. The van der Waals surface area contributed by atoms with Crippen LogP contribution in [0.2, 0.25) is 0 Å². The summed E-state index contributed by atoms with van der Waals surface area (Å²) in [5.74, 6) is 2.36. The molecule has 0 amide bonds. The molecular formula is C13H25N3. The average molecular weight is 223 g/mol. The van der Waals surface area contributed by atoms with E-state index in [1.165, 1.54) is 12.2 Å². The van der Waals surface area contributed by atoms with E-state index < -0.39 is 0 Å². The summed E-state index contributed by atoms with van der Waals surface area (Å²) < 4.78 is 2.28. The molecule has 1 N–H and O–H groups in total. The van der Waals surface area contributed by atoms with Crippen LogP contribution in [0.15, 0.2) is 12.4 Å². The molecule has 92 valence electrons. The largest absolute Gasteiger partial charge is 0.333 e. The van der Waals surface area contributed by atoms with E-state index in [-0.39, 0.29) is 0 Å². The highest BCUT2D eigenvalue weighted by molar-refractivity contribution is 4.98. The molecule has 0 aliphatic rings. The van der Waals surface area contributed by atoms with Gasteiger partial charge >= 0.3 is 0 Å². The Morgan fingerprint density at radius 2 is 2.06 bits per heavy atom. The molecular weight excluding hydrogens is 198 g/mol. The van der Waals surface area contributed by atoms with Crippen LogP contribution in [0.1, 0.15) is 45.9 Å². The van der Waals surface area contributed by atoms with Gasteiger partial charge < -0.3 is 9.88 Å². The number of nitrogens with zero attached hydrogens (tertiary/aromatic N) is 2. The standard InChI is InChI=1S/C13H25N3/c1-6-11(4)12(14-5)9-16-8-7-15-13(16)10(2)3/h7-8,10-12,14H,6,9H2,1-5H3. The lowest BCUT2D eigenvalue weighted by molar-refractivity contribution is 0.343. The van der Waals surface area contributed by atoms with Crippen LogP contribution in [-0.4, -0.2) is 22.6 Å². The third-order valence-electron chi connectivity index (χ3n) is 3.36. The second-order valence-corrected chi connectivity index (χ2v) is 4.87. The minimum atomic E-state index is 0.490. The number of hydrogen-bond donors (Lipinski definition) is 1. The van der Waals surface area contributed by atoms with Crippen molar-refractivity contribution >= 4 is 0 Å². The van der Waals surface area contributed by atoms with Crippen LogP contribution in [0.3, 0.4) is 0 Å². The van der Waals surface area contributed by atoms with Gasteiger partial charge in [-0.25, -0.2) is 4.98 Å². The summed E-state index contributed by atoms with van der Waals surface area (Å²) >= 11 is 0. The van der Waals surface area contributed by atoms with Crippen LogP contribution in [0, 0.1) is 5.92 Å². The Balaban J connectivity index is 2.74. The van der Waals surface area contributed by atoms with Gasteiger partial charge in [0.05, 0.1) is 0 Å². The van der Waals surface area contributed by atoms with Gasteiger partial charge in [-0.1, -0.05) is 34.1 Å². The summed E-state index contributed by atoms with van der Waals surface area (Å²) in [6, 6.07) is 0.525. The van der Waals surface area contributed by atoms with Gasteiger partial charge in [0.2, 0.25) is 0 Å². The molecule has 16 heavy (non-hydrogen) atoms. The van der Waals surface area contributed by atoms with Crippen molar-refractivity contribution in [3.8, 4) is 0 Å². The average Bonchev–Trinajstić information content (AvgIpc) is 2.72. The van der Waals surface area contributed by atoms with Gasteiger partial charge in [0, 0.05) is 30.9 Å². The fourth-order valence-corrected chi connectivity index (χ4v) is 2.03. The molecule has 3 heteroatoms. The predicted octanol–water partition coefficient (Wildman–Crippen LogP) is 2.64. The monoisotopic (exact) mass is 223 g/mol. The van der Waals surface area contributed by atoms with Crippen molar-refractivity contribution in [2.45, 2.75) is 52.6 Å². The fraction of sp³-hybridized carbons (Fsp3) is 0.769. The summed E-state index contributed by atoms with van der Waals surface area (Å²) in [6.45, 7) is 9.94. The molecule has 1 heterocycles. The maximum atomic E-state index is 4.42. The molecule has 3 nitrogen and oxygen atoms in total. The summed E-state index contributed by atoms with van der Waals surface area (Å²) in [4.78, 5) is 4.42. The third-order valence-corrected chi connectivity index (χ3v) is 3.36. The van der Waals surface area contributed by atoms with E-state index in [0.29, 0.717) is 17.9 Å². The first-order valence-corrected chi connectivity index (χ1v) is 6.28. The van der Waals surface area contributed by atoms with E-state index in [2.05, 4.69) is 48.8 Å². The van der Waals surface area contributed by atoms with E-state index in [9.17, 15) is 0 Å². The van der Waals surface area contributed by atoms with Crippen LogP contribution in [0.25, 0.3) is 0 Å². The highest BCUT2D eigenvalue weighted by atomic mass is 15.1. The number of likely N-dealkylation sites (N-methyl/N-ethyl adjacent to an activating group) is 1. The predicted molar refractivity (Wildman–Crippen MR) is 68.6 cm³/mol. The Morgan fingerprint density at radius 1 is 1.38 bits per heavy atom. The van der Waals surface area contributed by atoms with Crippen molar-refractivity contribution in [1.82, 2.24) is 14.9 Å². The number of rotatable bonds is 6. The van der Waals surface area contributed by atoms with Gasteiger partial charge in [0.1, 0.15) is 5.82 Å². The molecule has 0 aliphatic heterocycles. The molecule has 1 aromatic heterocycles. The normalized spacial score (nSPS) is 15.4. The van der Waals surface area contributed by atoms with Crippen molar-refractivity contribution in [3.05, 3.63) is 18.2 Å². The van der Waals surface area contributed by atoms with E-state index >= 15 is 0 Å². The zero-order valence-electron chi connectivity index (χ0n) is 11.2. The second kappa shape index (κ2) is 6.04. The first-order chi connectivity index (χ1) is 7.60. The van der Waals surface area contributed by atoms with Gasteiger partial charge in [0.25, 0.3) is 0 Å². The van der Waals surface area contributed by atoms with Crippen LogP contribution >= 0.6 is 0 Å². The summed E-state index contributed by atoms with van der Waals surface area (Å²) in [7, 11) is 2.04. The Bertz CT molecular complexity index is 304. The lowest BCUT2D eigenvalue weighted by Crippen LogP contribution is -2.36. The molecule has 1 rings (SSSR count). The smallest absolute Gasteiger partial charge is 0.111 e. The second-order valence-electron chi connectivity index (χ2n) is 4.87. The lowest BCUT2D eigenvalue weighted by atomic mass is 9.99. The highest BCUT2D eigenvalue weighted by Gasteiger charge is 2.16. The van der Waals surface area contributed by atoms with Gasteiger partial charge in [-0.15, -0.1) is 0 Å². The van der Waals surface area contributed by atoms with E-state index in [1.807, 2.05) is 13.2 Å². The molecule has 0 fully saturated rings. The zero-order chi connectivity index (χ0) is 12.1. The Hall–Kier alpha value is -0.830. The number of aromatic nitrogens is 2. The first-order valence-electron chi connectivity index (χ1n) is 6.28. The topological polar surface area (TPSA) is 29.9 Å². The molecule has 2 unspecified atom stereocenters. The molecule has 0 bridgehead atoms. The van der Waals surface area contributed by atoms with Crippen molar-refractivity contribution in [2.75, 3.05) is 7.05 Å². The molecule has 1 aromatic rings. The summed E-state index contributed by atoms with van der Waals surface area (Å²) in [6.07, 6.45) is 5.19. The molecule has 0 aromatic carbocycles. The first kappa shape index (κ1) is 13.2. The van der Waals surface area contributed by atoms with Gasteiger partial charge in [0.15, 0.2) is 0 Å². The van der Waals surface area contributed by atoms with E-state index in [4.69, 9.17) is 0 Å². The van der Waals surface area contributed by atoms with E-state index in [1.54, 1.807) is 0 Å². The molecule has 0 aliphatic carbocycles. The maximum Gasteiger partial charge on any atom is 0.111 e. The van der Waals surface area contributed by atoms with Crippen LogP contribution in [0.4, 0.5) is 0 Å². The van der Waals surface area contributed by atoms with Gasteiger partial charge in [-0.2, -0.15) is 0 Å². The molecule has 0 saturated heterocycles. The molecule has 2 atom stereocenters. The van der Waals surface area contributed by atoms with Crippen LogP contribution < -0.4 is 5.32 Å². The van der Waals surface area contributed by atoms with Gasteiger partial charge in [-0.05, 0) is 13.0 Å². The number of nitrogens with one attached hydrogen (secondary N) is 1. The minimum absolute atomic E-state index is 0.490. The van der Waals surface area contributed by atoms with Crippen molar-refractivity contribution in [3.63, 3.8) is 0 Å². The summed E-state index contributed by atoms with van der Waals surface area (Å²) in [5.41, 5.74) is 0. The molecule has 0 radical (unpaired) electrons. The van der Waals surface area contributed by atoms with Crippen LogP contribution in [-0.2, 0) is 6.54 Å².